The van der Waals surface area contributed by atoms with Crippen LogP contribution in [0.5, 0.6) is 5.75 Å². The number of hydrogen-bond acceptors (Lipinski definition) is 6. The monoisotopic (exact) mass is 335 g/mol. The van der Waals surface area contributed by atoms with Crippen LogP contribution < -0.4 is 9.64 Å². The number of aliphatic hydroxyl groups is 1. The van der Waals surface area contributed by atoms with Crippen molar-refractivity contribution in [2.75, 3.05) is 31.3 Å². The molecule has 0 unspecified atom stereocenters. The highest BCUT2D eigenvalue weighted by atomic mass is 16.5. The Morgan fingerprint density at radius 1 is 1.33 bits per heavy atom. The molecule has 0 aromatic heterocycles. The van der Waals surface area contributed by atoms with Crippen molar-refractivity contribution in [3.8, 4) is 5.75 Å². The molecule has 1 N–H and O–H groups in total. The van der Waals surface area contributed by atoms with Crippen molar-refractivity contribution in [2.45, 2.75) is 26.2 Å². The Bertz CT molecular complexity index is 628. The lowest BCUT2D eigenvalue weighted by Gasteiger charge is -2.29. The third kappa shape index (κ3) is 4.32. The van der Waals surface area contributed by atoms with Crippen LogP contribution in [0.4, 0.5) is 5.69 Å². The van der Waals surface area contributed by atoms with Gasteiger partial charge in [0.2, 0.25) is 0 Å². The topological polar surface area (TPSA) is 93.1 Å². The van der Waals surface area contributed by atoms with E-state index in [0.29, 0.717) is 30.0 Å². The Kier molecular flexibility index (Phi) is 6.31. The lowest BCUT2D eigenvalue weighted by Crippen LogP contribution is -2.39. The fourth-order valence-corrected chi connectivity index (χ4v) is 2.44. The van der Waals surface area contributed by atoms with Gasteiger partial charge in [0.05, 0.1) is 18.7 Å². The number of nitrogens with zero attached hydrogens (tertiary/aromatic N) is 1. The van der Waals surface area contributed by atoms with E-state index < -0.39 is 5.97 Å². The molecule has 1 heterocycles. The van der Waals surface area contributed by atoms with Gasteiger partial charge in [-0.15, -0.1) is 0 Å². The highest BCUT2D eigenvalue weighted by Crippen LogP contribution is 2.33. The standard InChI is InChI=1S/C17H21NO6/c1-2-23-17(22)7-5-14(20)12-4-6-15-13(10-12)18(8-3-9-19)16(21)11-24-15/h4,6,10,19H,2-3,5,7-9,11H2,1H3. The van der Waals surface area contributed by atoms with Crippen molar-refractivity contribution >= 4 is 23.3 Å². The highest BCUT2D eigenvalue weighted by Gasteiger charge is 2.26. The number of amides is 1. The molecule has 7 nitrogen and oxygen atoms in total. The Morgan fingerprint density at radius 2 is 2.12 bits per heavy atom. The van der Waals surface area contributed by atoms with Crippen LogP contribution in [0.2, 0.25) is 0 Å². The number of carbonyl (C=O) groups is 3. The summed E-state index contributed by atoms with van der Waals surface area (Å²) >= 11 is 0. The number of Topliss-reactive ketones (excluding diaryl/α,β-unsaturated/α-hetero) is 1. The maximum Gasteiger partial charge on any atom is 0.306 e. The van der Waals surface area contributed by atoms with Gasteiger partial charge >= 0.3 is 5.97 Å². The summed E-state index contributed by atoms with van der Waals surface area (Å²) < 4.78 is 10.2. The molecule has 0 bridgehead atoms. The molecule has 130 valence electrons. The van der Waals surface area contributed by atoms with Crippen LogP contribution in [0, 0.1) is 0 Å². The molecule has 1 aliphatic rings. The number of rotatable bonds is 8. The molecule has 1 aliphatic heterocycles. The number of ether oxygens (including phenoxy) is 2. The molecule has 0 radical (unpaired) electrons. The first-order chi connectivity index (χ1) is 11.6. The van der Waals surface area contributed by atoms with Crippen LogP contribution in [0.3, 0.4) is 0 Å². The van der Waals surface area contributed by atoms with Crippen LogP contribution >= 0.6 is 0 Å². The van der Waals surface area contributed by atoms with E-state index in [1.54, 1.807) is 25.1 Å². The number of aliphatic hydroxyl groups excluding tert-OH is 1. The summed E-state index contributed by atoms with van der Waals surface area (Å²) in [5.41, 5.74) is 0.923. The van der Waals surface area contributed by atoms with Gasteiger partial charge in [-0.3, -0.25) is 14.4 Å². The van der Waals surface area contributed by atoms with Crippen LogP contribution in [-0.4, -0.2) is 49.1 Å². The van der Waals surface area contributed by atoms with Crippen LogP contribution in [0.15, 0.2) is 18.2 Å². The van der Waals surface area contributed by atoms with Crippen molar-refractivity contribution in [1.82, 2.24) is 0 Å². The minimum absolute atomic E-state index is 0.0212. The minimum atomic E-state index is -0.410. The first kappa shape index (κ1) is 17.9. The summed E-state index contributed by atoms with van der Waals surface area (Å²) in [6.07, 6.45) is 0.503. The normalized spacial score (nSPS) is 13.2. The van der Waals surface area contributed by atoms with E-state index in [2.05, 4.69) is 0 Å². The molecule has 1 aromatic carbocycles. The van der Waals surface area contributed by atoms with Crippen molar-refractivity contribution < 1.29 is 29.0 Å². The Balaban J connectivity index is 2.13. The fraction of sp³-hybridized carbons (Fsp3) is 0.471. The van der Waals surface area contributed by atoms with Gasteiger partial charge in [-0.25, -0.2) is 0 Å². The molecular weight excluding hydrogens is 314 g/mol. The first-order valence-corrected chi connectivity index (χ1v) is 7.93. The first-order valence-electron chi connectivity index (χ1n) is 7.93. The molecule has 2 rings (SSSR count). The number of esters is 1. The fourth-order valence-electron chi connectivity index (χ4n) is 2.44. The summed E-state index contributed by atoms with van der Waals surface area (Å²) in [5.74, 6) is -0.306. The van der Waals surface area contributed by atoms with E-state index in [4.69, 9.17) is 14.6 Å². The van der Waals surface area contributed by atoms with Gasteiger partial charge in [0.25, 0.3) is 5.91 Å². The van der Waals surface area contributed by atoms with E-state index in [1.165, 1.54) is 4.90 Å². The van der Waals surface area contributed by atoms with Crippen LogP contribution in [0.25, 0.3) is 0 Å². The van der Waals surface area contributed by atoms with Gasteiger partial charge in [-0.1, -0.05) is 0 Å². The lowest BCUT2D eigenvalue weighted by molar-refractivity contribution is -0.143. The van der Waals surface area contributed by atoms with E-state index in [-0.39, 0.29) is 44.4 Å². The van der Waals surface area contributed by atoms with Crippen LogP contribution in [0.1, 0.15) is 36.5 Å². The molecule has 24 heavy (non-hydrogen) atoms. The van der Waals surface area contributed by atoms with Gasteiger partial charge in [0.1, 0.15) is 5.75 Å². The maximum absolute atomic E-state index is 12.2. The lowest BCUT2D eigenvalue weighted by atomic mass is 10.0. The van der Waals surface area contributed by atoms with Crippen molar-refractivity contribution in [3.05, 3.63) is 23.8 Å². The zero-order valence-electron chi connectivity index (χ0n) is 13.6. The van der Waals surface area contributed by atoms with Gasteiger partial charge in [0, 0.05) is 25.1 Å². The van der Waals surface area contributed by atoms with Crippen molar-refractivity contribution in [3.63, 3.8) is 0 Å². The van der Waals surface area contributed by atoms with Crippen molar-refractivity contribution in [2.24, 2.45) is 0 Å². The SMILES string of the molecule is CCOC(=O)CCC(=O)c1ccc2c(c1)N(CCCO)C(=O)CO2. The Hall–Kier alpha value is -2.41. The summed E-state index contributed by atoms with van der Waals surface area (Å²) in [6.45, 7) is 2.26. The second-order valence-electron chi connectivity index (χ2n) is 5.32. The number of hydrogen-bond donors (Lipinski definition) is 1. The molecule has 0 saturated carbocycles. The summed E-state index contributed by atoms with van der Waals surface area (Å²) in [5, 5.41) is 8.97. The average Bonchev–Trinajstić information content (AvgIpc) is 2.58. The zero-order chi connectivity index (χ0) is 17.5. The predicted molar refractivity (Wildman–Crippen MR) is 86.2 cm³/mol. The van der Waals surface area contributed by atoms with Gasteiger partial charge < -0.3 is 19.5 Å². The van der Waals surface area contributed by atoms with Crippen molar-refractivity contribution in [1.29, 1.82) is 0 Å². The summed E-state index contributed by atoms with van der Waals surface area (Å²) in [6, 6.07) is 4.86. The van der Waals surface area contributed by atoms with Gasteiger partial charge in [-0.05, 0) is 31.5 Å². The smallest absolute Gasteiger partial charge is 0.306 e. The quantitative estimate of drug-likeness (QED) is 0.569. The zero-order valence-corrected chi connectivity index (χ0v) is 13.6. The van der Waals surface area contributed by atoms with Crippen LogP contribution in [-0.2, 0) is 14.3 Å². The average molecular weight is 335 g/mol. The minimum Gasteiger partial charge on any atom is -0.482 e. The third-order valence-electron chi connectivity index (χ3n) is 3.63. The second kappa shape index (κ2) is 8.44. The molecule has 0 atom stereocenters. The molecule has 1 aromatic rings. The molecule has 7 heteroatoms. The molecule has 1 amide bonds. The summed E-state index contributed by atoms with van der Waals surface area (Å²) in [4.78, 5) is 37.1. The van der Waals surface area contributed by atoms with Gasteiger partial charge in [0.15, 0.2) is 12.4 Å². The number of anilines is 1. The number of carbonyl (C=O) groups excluding carboxylic acids is 3. The summed E-state index contributed by atoms with van der Waals surface area (Å²) in [7, 11) is 0. The van der Waals surface area contributed by atoms with E-state index >= 15 is 0 Å². The van der Waals surface area contributed by atoms with E-state index in [1.807, 2.05) is 0 Å². The number of benzene rings is 1. The maximum atomic E-state index is 12.2. The largest absolute Gasteiger partial charge is 0.482 e. The van der Waals surface area contributed by atoms with E-state index in [9.17, 15) is 14.4 Å². The van der Waals surface area contributed by atoms with E-state index in [0.717, 1.165) is 0 Å². The highest BCUT2D eigenvalue weighted by molar-refractivity contribution is 6.02. The Morgan fingerprint density at radius 3 is 2.83 bits per heavy atom. The third-order valence-corrected chi connectivity index (χ3v) is 3.63. The second-order valence-corrected chi connectivity index (χ2v) is 5.32. The molecule has 0 saturated heterocycles. The molecule has 0 aliphatic carbocycles. The predicted octanol–water partition coefficient (Wildman–Crippen LogP) is 1.32. The Labute approximate surface area is 140 Å². The molecule has 0 fully saturated rings. The number of ketones is 1. The molecule has 0 spiro atoms. The van der Waals surface area contributed by atoms with Gasteiger partial charge in [-0.2, -0.15) is 0 Å². The molecular formula is C17H21NO6. The number of fused-ring (bicyclic) bond motifs is 1.